The molecule has 0 unspecified atom stereocenters. The van der Waals surface area contributed by atoms with Gasteiger partial charge in [-0.15, -0.1) is 0 Å². The van der Waals surface area contributed by atoms with Crippen molar-refractivity contribution in [1.29, 1.82) is 0 Å². The summed E-state index contributed by atoms with van der Waals surface area (Å²) >= 11 is 0. The summed E-state index contributed by atoms with van der Waals surface area (Å²) in [6, 6.07) is 17.3. The van der Waals surface area contributed by atoms with E-state index in [0.717, 1.165) is 22.7 Å². The number of carbonyl (C=O) groups is 1. The van der Waals surface area contributed by atoms with E-state index in [1.807, 2.05) is 82.3 Å². The topological polar surface area (TPSA) is 91.0 Å². The third kappa shape index (κ3) is 5.42. The van der Waals surface area contributed by atoms with Crippen molar-refractivity contribution < 1.29 is 9.53 Å². The first-order valence-electron chi connectivity index (χ1n) is 11.9. The molecule has 0 spiro atoms. The molecule has 0 radical (unpaired) electrons. The van der Waals surface area contributed by atoms with Crippen LogP contribution in [0, 0.1) is 6.92 Å². The molecule has 2 heterocycles. The Kier molecular flexibility index (Phi) is 7.29. The molecule has 1 N–H and O–H groups in total. The molecule has 1 amide bonds. The molecule has 2 aromatic carbocycles. The van der Waals surface area contributed by atoms with Gasteiger partial charge in [0.15, 0.2) is 5.65 Å². The van der Waals surface area contributed by atoms with Crippen LogP contribution in [-0.4, -0.2) is 31.3 Å². The standard InChI is InChI=1S/C27H31N5O3/c1-5-31-26-25(19(4)30-32(26)21-9-7-6-8-10-21)29-23(27(31)34)15-16-24(33)28-17-20-11-13-22(14-12-20)35-18(2)3/h6-14,18H,5,15-17H2,1-4H3,(H,28,33). The summed E-state index contributed by atoms with van der Waals surface area (Å²) in [4.78, 5) is 30.4. The van der Waals surface area contributed by atoms with E-state index < -0.39 is 0 Å². The van der Waals surface area contributed by atoms with Gasteiger partial charge >= 0.3 is 0 Å². The molecule has 35 heavy (non-hydrogen) atoms. The fraction of sp³-hybridized carbons (Fsp3) is 0.333. The number of para-hydroxylation sites is 1. The lowest BCUT2D eigenvalue weighted by molar-refractivity contribution is -0.121. The minimum Gasteiger partial charge on any atom is -0.491 e. The molecule has 0 saturated carbocycles. The first kappa shape index (κ1) is 24.2. The highest BCUT2D eigenvalue weighted by Gasteiger charge is 2.19. The average Bonchev–Trinajstić information content (AvgIpc) is 3.18. The smallest absolute Gasteiger partial charge is 0.273 e. The maximum Gasteiger partial charge on any atom is 0.273 e. The van der Waals surface area contributed by atoms with Crippen LogP contribution >= 0.6 is 0 Å². The monoisotopic (exact) mass is 473 g/mol. The second-order valence-corrected chi connectivity index (χ2v) is 8.70. The Morgan fingerprint density at radius 1 is 1.09 bits per heavy atom. The fourth-order valence-corrected chi connectivity index (χ4v) is 4.00. The van der Waals surface area contributed by atoms with Crippen molar-refractivity contribution in [3.63, 3.8) is 0 Å². The SMILES string of the molecule is CCn1c(=O)c(CCC(=O)NCc2ccc(OC(C)C)cc2)nc2c(C)nn(-c3ccccc3)c21. The third-order valence-corrected chi connectivity index (χ3v) is 5.69. The molecular weight excluding hydrogens is 442 g/mol. The Morgan fingerprint density at radius 2 is 1.80 bits per heavy atom. The summed E-state index contributed by atoms with van der Waals surface area (Å²) in [5.74, 6) is 0.670. The molecule has 8 nitrogen and oxygen atoms in total. The van der Waals surface area contributed by atoms with Crippen LogP contribution in [0.2, 0.25) is 0 Å². The quantitative estimate of drug-likeness (QED) is 0.398. The fourth-order valence-electron chi connectivity index (χ4n) is 4.00. The number of aryl methyl sites for hydroxylation is 3. The van der Waals surface area contributed by atoms with Crippen LogP contribution in [0.1, 0.15) is 44.1 Å². The number of amides is 1. The molecule has 0 fully saturated rings. The van der Waals surface area contributed by atoms with Crippen LogP contribution < -0.4 is 15.6 Å². The number of hydrogen-bond donors (Lipinski definition) is 1. The number of carbonyl (C=O) groups excluding carboxylic acids is 1. The van der Waals surface area contributed by atoms with Crippen molar-refractivity contribution in [1.82, 2.24) is 24.6 Å². The van der Waals surface area contributed by atoms with Crippen LogP contribution in [-0.2, 0) is 24.3 Å². The molecule has 0 aliphatic carbocycles. The summed E-state index contributed by atoms with van der Waals surface area (Å²) < 4.78 is 9.09. The molecule has 0 bridgehead atoms. The second kappa shape index (κ2) is 10.5. The molecule has 0 saturated heterocycles. The molecule has 2 aromatic heterocycles. The zero-order valence-electron chi connectivity index (χ0n) is 20.6. The van der Waals surface area contributed by atoms with Gasteiger partial charge in [0, 0.05) is 25.9 Å². The predicted octanol–water partition coefficient (Wildman–Crippen LogP) is 3.95. The van der Waals surface area contributed by atoms with E-state index in [4.69, 9.17) is 4.74 Å². The summed E-state index contributed by atoms with van der Waals surface area (Å²) in [5.41, 5.74) is 4.11. The first-order valence-corrected chi connectivity index (χ1v) is 11.9. The Balaban J connectivity index is 1.48. The lowest BCUT2D eigenvalue weighted by Gasteiger charge is -2.11. The van der Waals surface area contributed by atoms with Gasteiger partial charge in [-0.1, -0.05) is 30.3 Å². The van der Waals surface area contributed by atoms with Gasteiger partial charge in [-0.05, 0) is 57.5 Å². The van der Waals surface area contributed by atoms with Crippen molar-refractivity contribution in [3.8, 4) is 11.4 Å². The summed E-state index contributed by atoms with van der Waals surface area (Å²) in [6.07, 6.45) is 0.553. The minimum atomic E-state index is -0.189. The molecule has 8 heteroatoms. The highest BCUT2D eigenvalue weighted by Crippen LogP contribution is 2.20. The Bertz CT molecular complexity index is 1370. The lowest BCUT2D eigenvalue weighted by Crippen LogP contribution is -2.28. The van der Waals surface area contributed by atoms with E-state index in [2.05, 4.69) is 15.4 Å². The van der Waals surface area contributed by atoms with Crippen LogP contribution in [0.4, 0.5) is 0 Å². The molecule has 0 aliphatic rings. The largest absolute Gasteiger partial charge is 0.491 e. The second-order valence-electron chi connectivity index (χ2n) is 8.70. The highest BCUT2D eigenvalue weighted by molar-refractivity contribution is 5.77. The number of rotatable bonds is 9. The Morgan fingerprint density at radius 3 is 2.46 bits per heavy atom. The van der Waals surface area contributed by atoms with Gasteiger partial charge in [-0.2, -0.15) is 5.10 Å². The molecule has 0 atom stereocenters. The zero-order chi connectivity index (χ0) is 24.9. The van der Waals surface area contributed by atoms with E-state index in [-0.39, 0.29) is 30.4 Å². The van der Waals surface area contributed by atoms with Gasteiger partial charge in [0.1, 0.15) is 17.0 Å². The van der Waals surface area contributed by atoms with E-state index in [1.54, 1.807) is 9.25 Å². The van der Waals surface area contributed by atoms with E-state index in [0.29, 0.717) is 29.9 Å². The molecule has 0 aliphatic heterocycles. The lowest BCUT2D eigenvalue weighted by atomic mass is 10.2. The van der Waals surface area contributed by atoms with Crippen LogP contribution in [0.25, 0.3) is 16.9 Å². The van der Waals surface area contributed by atoms with Crippen LogP contribution in [0.3, 0.4) is 0 Å². The van der Waals surface area contributed by atoms with E-state index in [1.165, 1.54) is 0 Å². The maximum absolute atomic E-state index is 13.2. The number of nitrogens with one attached hydrogen (secondary N) is 1. The molecule has 4 aromatic rings. The number of aromatic nitrogens is 4. The average molecular weight is 474 g/mol. The zero-order valence-corrected chi connectivity index (χ0v) is 20.6. The van der Waals surface area contributed by atoms with Crippen molar-refractivity contribution in [3.05, 3.63) is 81.9 Å². The van der Waals surface area contributed by atoms with Crippen molar-refractivity contribution in [2.24, 2.45) is 0 Å². The van der Waals surface area contributed by atoms with Gasteiger partial charge in [-0.25, -0.2) is 9.67 Å². The van der Waals surface area contributed by atoms with Crippen LogP contribution in [0.5, 0.6) is 5.75 Å². The number of benzene rings is 2. The summed E-state index contributed by atoms with van der Waals surface area (Å²) in [7, 11) is 0. The highest BCUT2D eigenvalue weighted by atomic mass is 16.5. The maximum atomic E-state index is 13.2. The van der Waals surface area contributed by atoms with Crippen molar-refractivity contribution >= 4 is 17.1 Å². The van der Waals surface area contributed by atoms with E-state index in [9.17, 15) is 9.59 Å². The van der Waals surface area contributed by atoms with Gasteiger partial charge in [0.05, 0.1) is 17.5 Å². The van der Waals surface area contributed by atoms with Gasteiger partial charge in [-0.3, -0.25) is 14.2 Å². The number of hydrogen-bond acceptors (Lipinski definition) is 5. The van der Waals surface area contributed by atoms with Crippen molar-refractivity contribution in [2.45, 2.75) is 59.7 Å². The number of fused-ring (bicyclic) bond motifs is 1. The first-order chi connectivity index (χ1) is 16.9. The Labute approximate surface area is 204 Å². The van der Waals surface area contributed by atoms with Crippen molar-refractivity contribution in [2.75, 3.05) is 0 Å². The van der Waals surface area contributed by atoms with E-state index >= 15 is 0 Å². The third-order valence-electron chi connectivity index (χ3n) is 5.69. The number of ether oxygens (including phenoxy) is 1. The molecule has 182 valence electrons. The predicted molar refractivity (Wildman–Crippen MR) is 136 cm³/mol. The summed E-state index contributed by atoms with van der Waals surface area (Å²) in [6.45, 7) is 8.65. The Hall–Kier alpha value is -3.94. The normalized spacial score (nSPS) is 11.2. The van der Waals surface area contributed by atoms with Crippen LogP contribution in [0.15, 0.2) is 59.4 Å². The minimum absolute atomic E-state index is 0.113. The number of nitrogens with zero attached hydrogens (tertiary/aromatic N) is 4. The van der Waals surface area contributed by atoms with Gasteiger partial charge in [0.25, 0.3) is 5.56 Å². The van der Waals surface area contributed by atoms with Gasteiger partial charge < -0.3 is 10.1 Å². The van der Waals surface area contributed by atoms with Gasteiger partial charge in [0.2, 0.25) is 5.91 Å². The molecule has 4 rings (SSSR count). The molecular formula is C27H31N5O3. The summed E-state index contributed by atoms with van der Waals surface area (Å²) in [5, 5.41) is 7.56.